The van der Waals surface area contributed by atoms with Crippen LogP contribution in [0.15, 0.2) is 42.5 Å². The number of rotatable bonds is 8. The lowest BCUT2D eigenvalue weighted by Crippen LogP contribution is -2.25. The molecule has 0 fully saturated rings. The minimum Gasteiger partial charge on any atom is -0.492 e. The van der Waals surface area contributed by atoms with Crippen LogP contribution in [0, 0.1) is 5.82 Å². The maximum Gasteiger partial charge on any atom is 0.176 e. The minimum atomic E-state index is -0.245. The molecule has 2 aromatic rings. The summed E-state index contributed by atoms with van der Waals surface area (Å²) >= 11 is 0. The number of carbonyl (C=O) groups excluding carboxylic acids is 1. The molecule has 122 valence electrons. The maximum absolute atomic E-state index is 12.8. The number of anilines is 1. The Balaban J connectivity index is 1.80. The molecule has 2 aromatic carbocycles. The maximum atomic E-state index is 12.8. The number of carbonyl (C=O) groups is 1. The van der Waals surface area contributed by atoms with E-state index < -0.39 is 0 Å². The topological polar surface area (TPSA) is 64.3 Å². The Hall–Kier alpha value is -2.40. The van der Waals surface area contributed by atoms with Gasteiger partial charge in [0.2, 0.25) is 0 Å². The lowest BCUT2D eigenvalue weighted by Gasteiger charge is -2.09. The number of Topliss-reactive ketones (excluding diaryl/α,β-unsaturated/α-hetero) is 1. The average Bonchev–Trinajstić information content (AvgIpc) is 2.55. The van der Waals surface area contributed by atoms with E-state index in [0.29, 0.717) is 30.2 Å². The summed E-state index contributed by atoms with van der Waals surface area (Å²) in [4.78, 5) is 12.1. The Kier molecular flexibility index (Phi) is 6.11. The summed E-state index contributed by atoms with van der Waals surface area (Å²) in [5.74, 6) is 0.317. The molecule has 0 amide bonds. The second-order valence-corrected chi connectivity index (χ2v) is 5.16. The summed E-state index contributed by atoms with van der Waals surface area (Å²) < 4.78 is 18.1. The quantitative estimate of drug-likeness (QED) is 0.446. The number of hydrogen-bond acceptors (Lipinski definition) is 4. The molecule has 0 unspecified atom stereocenters. The van der Waals surface area contributed by atoms with E-state index in [1.807, 2.05) is 6.92 Å². The summed E-state index contributed by atoms with van der Waals surface area (Å²) in [6.45, 7) is 3.28. The standard InChI is InChI=1S/C18H21FN2O2/c1-2-23-18-8-5-14(11-16(18)20)17(22)12-21-10-9-13-3-6-15(19)7-4-13/h3-8,11,21H,2,9-10,12,20H2,1H3. The van der Waals surface area contributed by atoms with Crippen molar-refractivity contribution in [3.05, 3.63) is 59.4 Å². The Morgan fingerprint density at radius 3 is 2.61 bits per heavy atom. The smallest absolute Gasteiger partial charge is 0.176 e. The van der Waals surface area contributed by atoms with Gasteiger partial charge in [0.05, 0.1) is 18.8 Å². The summed E-state index contributed by atoms with van der Waals surface area (Å²) in [6, 6.07) is 11.4. The van der Waals surface area contributed by atoms with E-state index in [2.05, 4.69) is 5.32 Å². The summed E-state index contributed by atoms with van der Waals surface area (Å²) in [7, 11) is 0. The van der Waals surface area contributed by atoms with Gasteiger partial charge in [0, 0.05) is 5.56 Å². The van der Waals surface area contributed by atoms with Gasteiger partial charge in [0.1, 0.15) is 11.6 Å². The average molecular weight is 316 g/mol. The molecular formula is C18H21FN2O2. The van der Waals surface area contributed by atoms with Crippen LogP contribution < -0.4 is 15.8 Å². The molecule has 0 aliphatic heterocycles. The first-order valence-corrected chi connectivity index (χ1v) is 7.61. The van der Waals surface area contributed by atoms with Gasteiger partial charge in [-0.2, -0.15) is 0 Å². The van der Waals surface area contributed by atoms with Crippen LogP contribution in [0.2, 0.25) is 0 Å². The van der Waals surface area contributed by atoms with E-state index in [-0.39, 0.29) is 18.1 Å². The van der Waals surface area contributed by atoms with Crippen molar-refractivity contribution in [1.82, 2.24) is 5.32 Å². The second kappa shape index (κ2) is 8.29. The van der Waals surface area contributed by atoms with Crippen LogP contribution >= 0.6 is 0 Å². The predicted octanol–water partition coefficient (Wildman–Crippen LogP) is 2.82. The van der Waals surface area contributed by atoms with E-state index in [9.17, 15) is 9.18 Å². The summed E-state index contributed by atoms with van der Waals surface area (Å²) in [5.41, 5.74) is 7.90. The fourth-order valence-electron chi connectivity index (χ4n) is 2.20. The van der Waals surface area contributed by atoms with Crippen LogP contribution in [-0.4, -0.2) is 25.5 Å². The lowest BCUT2D eigenvalue weighted by atomic mass is 10.1. The van der Waals surface area contributed by atoms with E-state index in [0.717, 1.165) is 12.0 Å². The van der Waals surface area contributed by atoms with Crippen LogP contribution in [0.4, 0.5) is 10.1 Å². The number of benzene rings is 2. The third-order valence-corrected chi connectivity index (χ3v) is 3.42. The first-order chi connectivity index (χ1) is 11.1. The van der Waals surface area contributed by atoms with Gasteiger partial charge in [-0.25, -0.2) is 4.39 Å². The third kappa shape index (κ3) is 5.07. The van der Waals surface area contributed by atoms with Crippen molar-refractivity contribution >= 4 is 11.5 Å². The fraction of sp³-hybridized carbons (Fsp3) is 0.278. The molecule has 0 spiro atoms. The fourth-order valence-corrected chi connectivity index (χ4v) is 2.20. The zero-order chi connectivity index (χ0) is 16.7. The molecular weight excluding hydrogens is 295 g/mol. The van der Waals surface area contributed by atoms with Gasteiger partial charge in [0.25, 0.3) is 0 Å². The second-order valence-electron chi connectivity index (χ2n) is 5.16. The molecule has 0 bridgehead atoms. The Morgan fingerprint density at radius 1 is 1.22 bits per heavy atom. The highest BCUT2D eigenvalue weighted by atomic mass is 19.1. The lowest BCUT2D eigenvalue weighted by molar-refractivity contribution is 0.0991. The number of halogens is 1. The predicted molar refractivity (Wildman–Crippen MR) is 89.3 cm³/mol. The molecule has 0 heterocycles. The Bertz CT molecular complexity index is 657. The molecule has 0 aromatic heterocycles. The largest absolute Gasteiger partial charge is 0.492 e. The monoisotopic (exact) mass is 316 g/mol. The van der Waals surface area contributed by atoms with Crippen molar-refractivity contribution in [3.8, 4) is 5.75 Å². The van der Waals surface area contributed by atoms with Crippen molar-refractivity contribution in [3.63, 3.8) is 0 Å². The molecule has 0 atom stereocenters. The van der Waals surface area contributed by atoms with Gasteiger partial charge >= 0.3 is 0 Å². The van der Waals surface area contributed by atoms with Crippen molar-refractivity contribution in [1.29, 1.82) is 0 Å². The Labute approximate surface area is 135 Å². The number of ether oxygens (including phenoxy) is 1. The van der Waals surface area contributed by atoms with Gasteiger partial charge in [-0.15, -0.1) is 0 Å². The zero-order valence-electron chi connectivity index (χ0n) is 13.1. The van der Waals surface area contributed by atoms with Crippen molar-refractivity contribution in [2.75, 3.05) is 25.4 Å². The van der Waals surface area contributed by atoms with Crippen molar-refractivity contribution < 1.29 is 13.9 Å². The van der Waals surface area contributed by atoms with E-state index in [1.54, 1.807) is 30.3 Å². The van der Waals surface area contributed by atoms with E-state index >= 15 is 0 Å². The summed E-state index contributed by atoms with van der Waals surface area (Å²) in [6.07, 6.45) is 0.735. The first-order valence-electron chi connectivity index (χ1n) is 7.61. The van der Waals surface area contributed by atoms with E-state index in [4.69, 9.17) is 10.5 Å². The molecule has 23 heavy (non-hydrogen) atoms. The minimum absolute atomic E-state index is 0.0288. The molecule has 0 saturated heterocycles. The molecule has 2 rings (SSSR count). The van der Waals surface area contributed by atoms with Gasteiger partial charge in [-0.1, -0.05) is 12.1 Å². The van der Waals surface area contributed by atoms with Crippen molar-refractivity contribution in [2.24, 2.45) is 0 Å². The highest BCUT2D eigenvalue weighted by molar-refractivity contribution is 5.98. The Morgan fingerprint density at radius 2 is 1.96 bits per heavy atom. The number of nitrogen functional groups attached to an aromatic ring is 1. The molecule has 0 aliphatic rings. The molecule has 5 heteroatoms. The number of hydrogen-bond donors (Lipinski definition) is 2. The van der Waals surface area contributed by atoms with Crippen LogP contribution in [0.25, 0.3) is 0 Å². The molecule has 0 radical (unpaired) electrons. The number of nitrogens with one attached hydrogen (secondary N) is 1. The highest BCUT2D eigenvalue weighted by Crippen LogP contribution is 2.22. The normalized spacial score (nSPS) is 10.5. The number of nitrogens with two attached hydrogens (primary N) is 1. The van der Waals surface area contributed by atoms with Crippen LogP contribution in [0.1, 0.15) is 22.8 Å². The molecule has 3 N–H and O–H groups in total. The third-order valence-electron chi connectivity index (χ3n) is 3.42. The van der Waals surface area contributed by atoms with Gasteiger partial charge in [-0.3, -0.25) is 4.79 Å². The SMILES string of the molecule is CCOc1ccc(C(=O)CNCCc2ccc(F)cc2)cc1N. The van der Waals surface area contributed by atoms with Crippen LogP contribution in [0.5, 0.6) is 5.75 Å². The van der Waals surface area contributed by atoms with Crippen LogP contribution in [0.3, 0.4) is 0 Å². The molecule has 0 saturated carbocycles. The summed E-state index contributed by atoms with van der Waals surface area (Å²) in [5, 5.41) is 3.09. The van der Waals surface area contributed by atoms with Gasteiger partial charge in [0.15, 0.2) is 5.78 Å². The van der Waals surface area contributed by atoms with Crippen molar-refractivity contribution in [2.45, 2.75) is 13.3 Å². The van der Waals surface area contributed by atoms with Gasteiger partial charge in [-0.05, 0) is 55.8 Å². The highest BCUT2D eigenvalue weighted by Gasteiger charge is 2.08. The van der Waals surface area contributed by atoms with E-state index in [1.165, 1.54) is 12.1 Å². The number of ketones is 1. The zero-order valence-corrected chi connectivity index (χ0v) is 13.1. The van der Waals surface area contributed by atoms with Crippen LogP contribution in [-0.2, 0) is 6.42 Å². The molecule has 0 aliphatic carbocycles. The van der Waals surface area contributed by atoms with Gasteiger partial charge < -0.3 is 15.8 Å². The first kappa shape index (κ1) is 17.0. The molecule has 4 nitrogen and oxygen atoms in total.